The van der Waals surface area contributed by atoms with E-state index in [1.807, 2.05) is 30.8 Å². The van der Waals surface area contributed by atoms with Crippen LogP contribution in [-0.4, -0.2) is 47.9 Å². The minimum Gasteiger partial charge on any atom is -0.296 e. The Labute approximate surface area is 182 Å². The normalized spacial score (nSPS) is 15.7. The van der Waals surface area contributed by atoms with Crippen LogP contribution in [0.1, 0.15) is 47.2 Å². The van der Waals surface area contributed by atoms with E-state index in [0.29, 0.717) is 5.92 Å². The van der Waals surface area contributed by atoms with Gasteiger partial charge in [-0.15, -0.1) is 0 Å². The lowest BCUT2D eigenvalue weighted by Crippen LogP contribution is -2.33. The fourth-order valence-electron chi connectivity index (χ4n) is 4.76. The molecule has 0 amide bonds. The Morgan fingerprint density at radius 2 is 1.81 bits per heavy atom. The quantitative estimate of drug-likeness (QED) is 0.544. The van der Waals surface area contributed by atoms with Gasteiger partial charge >= 0.3 is 0 Å². The van der Waals surface area contributed by atoms with Crippen molar-refractivity contribution in [2.24, 2.45) is 7.05 Å². The fourth-order valence-corrected chi connectivity index (χ4v) is 4.76. The van der Waals surface area contributed by atoms with Gasteiger partial charge in [0.05, 0.1) is 23.4 Å². The maximum absolute atomic E-state index is 4.79. The molecule has 0 atom stereocenters. The summed E-state index contributed by atoms with van der Waals surface area (Å²) in [6.45, 7) is 9.11. The van der Waals surface area contributed by atoms with Crippen LogP contribution in [0.25, 0.3) is 22.3 Å². The average Bonchev–Trinajstić information content (AvgIpc) is 3.33. The van der Waals surface area contributed by atoms with Gasteiger partial charge < -0.3 is 0 Å². The number of aryl methyl sites for hydroxylation is 3. The number of piperidine rings is 1. The van der Waals surface area contributed by atoms with Gasteiger partial charge in [-0.1, -0.05) is 18.2 Å². The predicted molar refractivity (Wildman–Crippen MR) is 122 cm³/mol. The fraction of sp³-hybridized carbons (Fsp3) is 0.417. The van der Waals surface area contributed by atoms with Crippen LogP contribution in [-0.2, 0) is 13.6 Å². The van der Waals surface area contributed by atoms with Crippen molar-refractivity contribution in [2.75, 3.05) is 13.1 Å². The Bertz CT molecular complexity index is 1230. The van der Waals surface area contributed by atoms with Crippen molar-refractivity contribution < 1.29 is 0 Å². The van der Waals surface area contributed by atoms with E-state index >= 15 is 0 Å². The molecular weight excluding hydrogens is 386 g/mol. The van der Waals surface area contributed by atoms with Crippen LogP contribution >= 0.6 is 0 Å². The molecule has 1 fully saturated rings. The average molecular weight is 416 g/mol. The molecule has 7 nitrogen and oxygen atoms in total. The minimum absolute atomic E-state index is 0.506. The Morgan fingerprint density at radius 3 is 2.55 bits per heavy atom. The summed E-state index contributed by atoms with van der Waals surface area (Å²) in [6, 6.07) is 10.4. The van der Waals surface area contributed by atoms with Gasteiger partial charge in [0.1, 0.15) is 11.5 Å². The van der Waals surface area contributed by atoms with Crippen LogP contribution < -0.4 is 0 Å². The number of para-hydroxylation sites is 1. The number of likely N-dealkylation sites (tertiary alicyclic amines) is 1. The van der Waals surface area contributed by atoms with Crippen LogP contribution in [0.3, 0.4) is 0 Å². The number of H-pyrrole nitrogens is 1. The molecule has 0 saturated carbocycles. The first kappa shape index (κ1) is 19.9. The van der Waals surface area contributed by atoms with Gasteiger partial charge in [-0.3, -0.25) is 14.7 Å². The molecule has 1 aliphatic heterocycles. The summed E-state index contributed by atoms with van der Waals surface area (Å²) in [5.74, 6) is 1.42. The van der Waals surface area contributed by atoms with Gasteiger partial charge in [0, 0.05) is 29.7 Å². The third kappa shape index (κ3) is 3.74. The second-order valence-electron chi connectivity index (χ2n) is 8.68. The molecule has 4 aromatic rings. The summed E-state index contributed by atoms with van der Waals surface area (Å²) < 4.78 is 1.93. The number of aromatic nitrogens is 6. The molecule has 4 heterocycles. The zero-order valence-electron chi connectivity index (χ0n) is 18.7. The number of benzene rings is 1. The smallest absolute Gasteiger partial charge is 0.143 e. The van der Waals surface area contributed by atoms with E-state index in [4.69, 9.17) is 9.97 Å². The van der Waals surface area contributed by atoms with Crippen LogP contribution in [0.2, 0.25) is 0 Å². The lowest BCUT2D eigenvalue weighted by atomic mass is 9.93. The summed E-state index contributed by atoms with van der Waals surface area (Å²) in [6.07, 6.45) is 2.22. The van der Waals surface area contributed by atoms with Crippen molar-refractivity contribution in [3.63, 3.8) is 0 Å². The third-order valence-corrected chi connectivity index (χ3v) is 6.59. The molecule has 0 unspecified atom stereocenters. The Balaban J connectivity index is 1.26. The standard InChI is InChI=1S/C24H29N7/c1-15-16(2)29-30(4)24(15)22-13-21(27-28-22)18-9-11-31(12-10-18)14-23-25-17(3)19-7-5-6-8-20(19)26-23/h5-8,13,18H,9-12,14H2,1-4H3,(H,27,28). The maximum Gasteiger partial charge on any atom is 0.143 e. The zero-order chi connectivity index (χ0) is 21.5. The topological polar surface area (TPSA) is 75.5 Å². The van der Waals surface area contributed by atoms with Crippen molar-refractivity contribution in [1.29, 1.82) is 0 Å². The van der Waals surface area contributed by atoms with E-state index < -0.39 is 0 Å². The molecule has 7 heteroatoms. The summed E-state index contributed by atoms with van der Waals surface area (Å²) in [4.78, 5) is 12.0. The lowest BCUT2D eigenvalue weighted by Gasteiger charge is -2.30. The second-order valence-corrected chi connectivity index (χ2v) is 8.68. The molecule has 0 aliphatic carbocycles. The number of nitrogens with zero attached hydrogens (tertiary/aromatic N) is 6. The molecule has 0 spiro atoms. The van der Waals surface area contributed by atoms with Crippen LogP contribution in [0.15, 0.2) is 30.3 Å². The predicted octanol–water partition coefficient (Wildman–Crippen LogP) is 4.06. The largest absolute Gasteiger partial charge is 0.296 e. The summed E-state index contributed by atoms with van der Waals surface area (Å²) in [5, 5.41) is 13.6. The van der Waals surface area contributed by atoms with Crippen molar-refractivity contribution in [3.8, 4) is 11.4 Å². The SMILES string of the molecule is Cc1nn(C)c(-c2cc(C3CCN(Cc4nc(C)c5ccccc5n4)CC3)[nH]n2)c1C. The zero-order valence-corrected chi connectivity index (χ0v) is 18.7. The van der Waals surface area contributed by atoms with Crippen molar-refractivity contribution in [1.82, 2.24) is 34.8 Å². The molecule has 0 bridgehead atoms. The molecule has 1 saturated heterocycles. The van der Waals surface area contributed by atoms with Crippen molar-refractivity contribution >= 4 is 10.9 Å². The van der Waals surface area contributed by atoms with E-state index in [9.17, 15) is 0 Å². The number of hydrogen-bond acceptors (Lipinski definition) is 5. The molecule has 160 valence electrons. The summed E-state index contributed by atoms with van der Waals surface area (Å²) in [7, 11) is 1.98. The Kier molecular flexibility index (Phi) is 5.06. The first-order valence-corrected chi connectivity index (χ1v) is 11.0. The highest BCUT2D eigenvalue weighted by atomic mass is 15.3. The number of fused-ring (bicyclic) bond motifs is 1. The first-order valence-electron chi connectivity index (χ1n) is 11.0. The molecule has 1 aliphatic rings. The van der Waals surface area contributed by atoms with E-state index in [2.05, 4.69) is 52.2 Å². The van der Waals surface area contributed by atoms with E-state index in [1.54, 1.807) is 0 Å². The van der Waals surface area contributed by atoms with Crippen LogP contribution in [0, 0.1) is 20.8 Å². The molecule has 0 radical (unpaired) electrons. The molecular formula is C24H29N7. The molecule has 31 heavy (non-hydrogen) atoms. The van der Waals surface area contributed by atoms with E-state index in [-0.39, 0.29) is 0 Å². The highest BCUT2D eigenvalue weighted by Gasteiger charge is 2.24. The van der Waals surface area contributed by atoms with Gasteiger partial charge in [-0.2, -0.15) is 10.2 Å². The third-order valence-electron chi connectivity index (χ3n) is 6.59. The van der Waals surface area contributed by atoms with Gasteiger partial charge in [0.25, 0.3) is 0 Å². The number of nitrogens with one attached hydrogen (secondary N) is 1. The number of aromatic amines is 1. The molecule has 5 rings (SSSR count). The number of rotatable bonds is 4. The maximum atomic E-state index is 4.79. The second kappa shape index (κ2) is 7.89. The molecule has 1 N–H and O–H groups in total. The first-order chi connectivity index (χ1) is 15.0. The van der Waals surface area contributed by atoms with Gasteiger partial charge in [-0.25, -0.2) is 9.97 Å². The van der Waals surface area contributed by atoms with Crippen molar-refractivity contribution in [2.45, 2.75) is 46.1 Å². The van der Waals surface area contributed by atoms with Gasteiger partial charge in [-0.05, 0) is 64.4 Å². The van der Waals surface area contributed by atoms with Gasteiger partial charge in [0.15, 0.2) is 0 Å². The number of hydrogen-bond donors (Lipinski definition) is 1. The van der Waals surface area contributed by atoms with Crippen LogP contribution in [0.4, 0.5) is 0 Å². The molecule has 3 aromatic heterocycles. The summed E-state index contributed by atoms with van der Waals surface area (Å²) >= 11 is 0. The summed E-state index contributed by atoms with van der Waals surface area (Å²) in [5.41, 5.74) is 7.65. The Hall–Kier alpha value is -3.06. The van der Waals surface area contributed by atoms with Crippen LogP contribution in [0.5, 0.6) is 0 Å². The highest BCUT2D eigenvalue weighted by Crippen LogP contribution is 2.31. The molecule has 1 aromatic carbocycles. The van der Waals surface area contributed by atoms with E-state index in [0.717, 1.165) is 72.0 Å². The van der Waals surface area contributed by atoms with E-state index in [1.165, 1.54) is 11.3 Å². The lowest BCUT2D eigenvalue weighted by molar-refractivity contribution is 0.199. The Morgan fingerprint density at radius 1 is 1.03 bits per heavy atom. The van der Waals surface area contributed by atoms with Crippen molar-refractivity contribution in [3.05, 3.63) is 58.8 Å². The highest BCUT2D eigenvalue weighted by molar-refractivity contribution is 5.80. The van der Waals surface area contributed by atoms with Gasteiger partial charge in [0.2, 0.25) is 0 Å². The minimum atomic E-state index is 0.506. The monoisotopic (exact) mass is 415 g/mol.